The van der Waals surface area contributed by atoms with Gasteiger partial charge in [0, 0.05) is 10.6 Å². The maximum atomic E-state index is 10.3. The zero-order chi connectivity index (χ0) is 11.8. The van der Waals surface area contributed by atoms with Crippen LogP contribution in [0.5, 0.6) is 0 Å². The molecule has 0 radical (unpaired) electrons. The minimum atomic E-state index is -1.54. The number of carboxylic acids is 1. The van der Waals surface area contributed by atoms with Crippen molar-refractivity contribution in [1.29, 1.82) is 0 Å². The van der Waals surface area contributed by atoms with Crippen LogP contribution in [0, 0.1) is 0 Å². The third-order valence-electron chi connectivity index (χ3n) is 1.43. The summed E-state index contributed by atoms with van der Waals surface area (Å²) in [7, 11) is 1.86. The van der Waals surface area contributed by atoms with Crippen molar-refractivity contribution in [3.8, 4) is 0 Å². The molecule has 0 aromatic heterocycles. The van der Waals surface area contributed by atoms with Crippen LogP contribution < -0.4 is 0 Å². The molecule has 1 aromatic rings. The monoisotopic (exact) mass is 264 g/mol. The fraction of sp³-hybridized carbons (Fsp3) is 0.125. The van der Waals surface area contributed by atoms with E-state index in [-0.39, 0.29) is 10.6 Å². The first-order valence-electron chi connectivity index (χ1n) is 4.10. The van der Waals surface area contributed by atoms with E-state index in [0.717, 1.165) is 21.0 Å². The molecule has 0 saturated carbocycles. The minimum absolute atomic E-state index is 0.215. The maximum absolute atomic E-state index is 10.3. The number of benzene rings is 1. The highest BCUT2D eigenvalue weighted by atomic mass is 35.5. The van der Waals surface area contributed by atoms with Crippen molar-refractivity contribution >= 4 is 38.5 Å². The topological polar surface area (TPSA) is 66.8 Å². The molecule has 1 aromatic carbocycles. The Kier molecular flexibility index (Phi) is 7.27. The van der Waals surface area contributed by atoms with E-state index in [1.807, 2.05) is 0 Å². The Labute approximate surface area is 98.9 Å². The van der Waals surface area contributed by atoms with Crippen molar-refractivity contribution in [1.82, 2.24) is 0 Å². The van der Waals surface area contributed by atoms with E-state index in [4.69, 9.17) is 21.8 Å². The molecule has 0 amide bonds. The third-order valence-corrected chi connectivity index (χ3v) is 1.78. The fourth-order valence-electron chi connectivity index (χ4n) is 0.830. The number of aliphatic carboxylic acids is 1. The molecule has 0 aliphatic carbocycles. The van der Waals surface area contributed by atoms with Crippen molar-refractivity contribution in [2.24, 2.45) is 0 Å². The summed E-state index contributed by atoms with van der Waals surface area (Å²) in [5, 5.41) is 17.8. The summed E-state index contributed by atoms with van der Waals surface area (Å²) in [6, 6.07) is 6.29. The molecule has 0 spiro atoms. The van der Waals surface area contributed by atoms with Crippen molar-refractivity contribution < 1.29 is 19.1 Å². The Morgan fingerprint density at radius 1 is 1.40 bits per heavy atom. The molecule has 15 heavy (non-hydrogen) atoms. The minimum Gasteiger partial charge on any atom is -0.479 e. The summed E-state index contributed by atoms with van der Waals surface area (Å²) >= 11 is 5.64. The van der Waals surface area contributed by atoms with Crippen LogP contribution in [0.15, 0.2) is 24.3 Å². The first-order chi connectivity index (χ1) is 7.04. The van der Waals surface area contributed by atoms with Crippen LogP contribution in [0.25, 0.3) is 0 Å². The largest absolute Gasteiger partial charge is 0.479 e. The van der Waals surface area contributed by atoms with Gasteiger partial charge >= 0.3 is 5.97 Å². The van der Waals surface area contributed by atoms with Crippen LogP contribution in [0.2, 0.25) is 5.02 Å². The maximum Gasteiger partial charge on any atom is 0.337 e. The zero-order valence-electron chi connectivity index (χ0n) is 8.48. The number of carbonyl (C=O) groups is 1. The van der Waals surface area contributed by atoms with Gasteiger partial charge < -0.3 is 14.3 Å². The second-order valence-corrected chi connectivity index (χ2v) is 6.34. The molecule has 0 bridgehead atoms. The Morgan fingerprint density at radius 2 is 1.87 bits per heavy atom. The average Bonchev–Trinajstić information content (AvgIpc) is 2.18. The van der Waals surface area contributed by atoms with E-state index in [1.54, 1.807) is 12.1 Å². The summed E-state index contributed by atoms with van der Waals surface area (Å²) in [4.78, 5) is 10.3. The quantitative estimate of drug-likeness (QED) is 0.674. The molecule has 84 valence electrons. The van der Waals surface area contributed by atoms with Crippen LogP contribution in [-0.2, 0) is 8.91 Å². The van der Waals surface area contributed by atoms with Crippen molar-refractivity contribution in [2.75, 3.05) is 0 Å². The van der Waals surface area contributed by atoms with E-state index in [0.29, 0.717) is 0 Å². The van der Waals surface area contributed by atoms with Gasteiger partial charge in [-0.2, -0.15) is 0 Å². The number of aliphatic hydroxyl groups excluding tert-OH is 1. The summed E-state index contributed by atoms with van der Waals surface area (Å²) in [5.41, 5.74) is 0.215. The van der Waals surface area contributed by atoms with Gasteiger partial charge in [0.25, 0.3) is 0 Å². The van der Waals surface area contributed by atoms with Gasteiger partial charge in [-0.1, -0.05) is 29.8 Å². The molecule has 0 aliphatic heterocycles. The Balaban J connectivity index is 0.000000583. The SMILES string of the molecule is O=C(O)[C@H](O)c1ccccc1Cl.[SiH3]O[SiH3]. The Hall–Kier alpha value is -0.666. The summed E-state index contributed by atoms with van der Waals surface area (Å²) in [6.07, 6.45) is -1.54. The van der Waals surface area contributed by atoms with E-state index in [9.17, 15) is 4.79 Å². The molecular weight excluding hydrogens is 252 g/mol. The van der Waals surface area contributed by atoms with Crippen LogP contribution in [-0.4, -0.2) is 37.2 Å². The van der Waals surface area contributed by atoms with Gasteiger partial charge in [0.15, 0.2) is 6.10 Å². The second kappa shape index (κ2) is 7.60. The predicted molar refractivity (Wildman–Crippen MR) is 65.0 cm³/mol. The normalized spacial score (nSPS) is 11.6. The Morgan fingerprint density at radius 3 is 2.27 bits per heavy atom. The molecule has 0 unspecified atom stereocenters. The standard InChI is InChI=1S/C8H7ClO3.H6OSi2/c9-6-4-2-1-3-5(6)7(10)8(11)12;2-1-3/h1-4,7,10H,(H,11,12);2-3H3/t7-;/m1./s1. The molecule has 4 nitrogen and oxygen atoms in total. The zero-order valence-corrected chi connectivity index (χ0v) is 13.2. The first kappa shape index (κ1) is 14.3. The van der Waals surface area contributed by atoms with Gasteiger partial charge in [-0.15, -0.1) is 0 Å². The van der Waals surface area contributed by atoms with Crippen molar-refractivity contribution in [3.63, 3.8) is 0 Å². The molecule has 1 atom stereocenters. The molecule has 2 N–H and O–H groups in total. The van der Waals surface area contributed by atoms with Gasteiger partial charge in [-0.25, -0.2) is 4.79 Å². The number of carboxylic acid groups (broad SMARTS) is 1. The van der Waals surface area contributed by atoms with Gasteiger partial charge in [-0.3, -0.25) is 0 Å². The number of aliphatic hydroxyl groups is 1. The van der Waals surface area contributed by atoms with Gasteiger partial charge in [0.05, 0.1) is 0 Å². The highest BCUT2D eigenvalue weighted by molar-refractivity contribution is 6.31. The van der Waals surface area contributed by atoms with Crippen LogP contribution in [0.1, 0.15) is 11.7 Å². The lowest BCUT2D eigenvalue weighted by Gasteiger charge is -2.06. The van der Waals surface area contributed by atoms with E-state index >= 15 is 0 Å². The van der Waals surface area contributed by atoms with Crippen LogP contribution >= 0.6 is 11.6 Å². The third kappa shape index (κ3) is 5.10. The van der Waals surface area contributed by atoms with E-state index < -0.39 is 12.1 Å². The highest BCUT2D eigenvalue weighted by Gasteiger charge is 2.17. The highest BCUT2D eigenvalue weighted by Crippen LogP contribution is 2.22. The lowest BCUT2D eigenvalue weighted by molar-refractivity contribution is -0.146. The number of rotatable bonds is 2. The molecule has 0 fully saturated rings. The molecule has 0 saturated heterocycles. The predicted octanol–water partition coefficient (Wildman–Crippen LogP) is -0.978. The van der Waals surface area contributed by atoms with Gasteiger partial charge in [0.2, 0.25) is 0 Å². The van der Waals surface area contributed by atoms with Crippen molar-refractivity contribution in [2.45, 2.75) is 6.10 Å². The average molecular weight is 265 g/mol. The summed E-state index contributed by atoms with van der Waals surface area (Å²) < 4.78 is 4.53. The van der Waals surface area contributed by atoms with Gasteiger partial charge in [0.1, 0.15) is 21.0 Å². The Bertz CT molecular complexity index is 321. The summed E-state index contributed by atoms with van der Waals surface area (Å²) in [5.74, 6) is -1.30. The number of hydrogen-bond donors (Lipinski definition) is 2. The van der Waals surface area contributed by atoms with Crippen LogP contribution in [0.3, 0.4) is 0 Å². The molecule has 0 aliphatic rings. The number of hydrogen-bond acceptors (Lipinski definition) is 3. The second-order valence-electron chi connectivity index (χ2n) is 2.67. The molecule has 1 rings (SSSR count). The van der Waals surface area contributed by atoms with E-state index in [2.05, 4.69) is 4.12 Å². The molecule has 0 heterocycles. The van der Waals surface area contributed by atoms with Crippen LogP contribution in [0.4, 0.5) is 0 Å². The first-order valence-corrected chi connectivity index (χ1v) is 6.11. The smallest absolute Gasteiger partial charge is 0.337 e. The number of halogens is 1. The van der Waals surface area contributed by atoms with E-state index in [1.165, 1.54) is 12.1 Å². The molecule has 7 heteroatoms. The van der Waals surface area contributed by atoms with Gasteiger partial charge in [-0.05, 0) is 6.07 Å². The summed E-state index contributed by atoms with van der Waals surface area (Å²) in [6.45, 7) is 0. The lowest BCUT2D eigenvalue weighted by atomic mass is 10.1. The molecular formula is C8H13ClO4Si2. The fourth-order valence-corrected chi connectivity index (χ4v) is 1.07. The lowest BCUT2D eigenvalue weighted by Crippen LogP contribution is -2.10. The van der Waals surface area contributed by atoms with Crippen molar-refractivity contribution in [3.05, 3.63) is 34.9 Å².